The molecule has 1 aliphatic rings. The largest absolute Gasteiger partial charge is 0.368 e. The van der Waals surface area contributed by atoms with Gasteiger partial charge in [0.05, 0.1) is 6.54 Å². The van der Waals surface area contributed by atoms with Crippen LogP contribution in [0.25, 0.3) is 0 Å². The number of para-hydroxylation sites is 1. The summed E-state index contributed by atoms with van der Waals surface area (Å²) in [4.78, 5) is 30.5. The van der Waals surface area contributed by atoms with Crippen molar-refractivity contribution in [2.75, 3.05) is 44.7 Å². The van der Waals surface area contributed by atoms with Gasteiger partial charge in [-0.25, -0.2) is 0 Å². The van der Waals surface area contributed by atoms with Crippen LogP contribution < -0.4 is 10.6 Å². The smallest absolute Gasteiger partial charge is 0.240 e. The average Bonchev–Trinajstić information content (AvgIpc) is 2.70. The number of anilines is 1. The molecule has 0 aliphatic carbocycles. The van der Waals surface area contributed by atoms with E-state index in [1.54, 1.807) is 24.1 Å². The summed E-state index contributed by atoms with van der Waals surface area (Å²) in [5.74, 6) is -0.334. The first-order chi connectivity index (χ1) is 13.5. The fourth-order valence-corrected chi connectivity index (χ4v) is 3.60. The number of carbonyl (C=O) groups excluding carboxylic acids is 2. The summed E-state index contributed by atoms with van der Waals surface area (Å²) >= 11 is 5.95. The Morgan fingerprint density at radius 3 is 2.21 bits per heavy atom. The van der Waals surface area contributed by atoms with Crippen molar-refractivity contribution in [1.82, 2.24) is 9.80 Å². The SMILES string of the molecule is CN(C(=O)CN1CCN([C@@H](C(N)=O)c2ccc(Cl)cc2)CC1)c1ccccc1. The Morgan fingerprint density at radius 1 is 1.04 bits per heavy atom. The minimum Gasteiger partial charge on any atom is -0.368 e. The summed E-state index contributed by atoms with van der Waals surface area (Å²) in [5.41, 5.74) is 7.38. The third-order valence-corrected chi connectivity index (χ3v) is 5.36. The van der Waals surface area contributed by atoms with Gasteiger partial charge < -0.3 is 10.6 Å². The molecule has 2 amide bonds. The summed E-state index contributed by atoms with van der Waals surface area (Å²) in [5, 5.41) is 0.623. The number of carbonyl (C=O) groups is 2. The van der Waals surface area contributed by atoms with E-state index in [-0.39, 0.29) is 11.8 Å². The van der Waals surface area contributed by atoms with Gasteiger partial charge in [-0.05, 0) is 29.8 Å². The van der Waals surface area contributed by atoms with E-state index in [2.05, 4.69) is 9.80 Å². The number of likely N-dealkylation sites (N-methyl/N-ethyl adjacent to an activating group) is 1. The number of nitrogens with two attached hydrogens (primary N) is 1. The third-order valence-electron chi connectivity index (χ3n) is 5.10. The number of piperazine rings is 1. The molecule has 1 aliphatic heterocycles. The van der Waals surface area contributed by atoms with Gasteiger partial charge in [0.1, 0.15) is 6.04 Å². The molecule has 0 aromatic heterocycles. The second-order valence-electron chi connectivity index (χ2n) is 6.96. The number of hydrogen-bond acceptors (Lipinski definition) is 4. The van der Waals surface area contributed by atoms with Crippen LogP contribution in [0.3, 0.4) is 0 Å². The minimum absolute atomic E-state index is 0.0452. The van der Waals surface area contributed by atoms with Crippen molar-refractivity contribution in [1.29, 1.82) is 0 Å². The maximum atomic E-state index is 12.6. The fourth-order valence-electron chi connectivity index (χ4n) is 3.47. The van der Waals surface area contributed by atoms with Gasteiger partial charge in [0.15, 0.2) is 0 Å². The van der Waals surface area contributed by atoms with Crippen LogP contribution in [-0.2, 0) is 9.59 Å². The van der Waals surface area contributed by atoms with Gasteiger partial charge in [0.2, 0.25) is 11.8 Å². The normalized spacial score (nSPS) is 16.5. The highest BCUT2D eigenvalue weighted by Gasteiger charge is 2.29. The standard InChI is InChI=1S/C21H25ClN4O2/c1-24(18-5-3-2-4-6-18)19(27)15-25-11-13-26(14-12-25)20(21(23)28)16-7-9-17(22)10-8-16/h2-10,20H,11-15H2,1H3,(H2,23,28)/t20-/m1/s1. The Bertz CT molecular complexity index is 805. The molecule has 6 nitrogen and oxygen atoms in total. The lowest BCUT2D eigenvalue weighted by Crippen LogP contribution is -2.52. The van der Waals surface area contributed by atoms with E-state index in [0.29, 0.717) is 37.7 Å². The molecule has 3 rings (SSSR count). The van der Waals surface area contributed by atoms with E-state index < -0.39 is 6.04 Å². The summed E-state index contributed by atoms with van der Waals surface area (Å²) in [6.07, 6.45) is 0. The highest BCUT2D eigenvalue weighted by Crippen LogP contribution is 2.23. The van der Waals surface area contributed by atoms with Crippen LogP contribution in [0.1, 0.15) is 11.6 Å². The lowest BCUT2D eigenvalue weighted by molar-refractivity contribution is -0.125. The van der Waals surface area contributed by atoms with Gasteiger partial charge >= 0.3 is 0 Å². The average molecular weight is 401 g/mol. The Balaban J connectivity index is 1.58. The van der Waals surface area contributed by atoms with E-state index >= 15 is 0 Å². The molecule has 2 aromatic carbocycles. The highest BCUT2D eigenvalue weighted by atomic mass is 35.5. The molecule has 0 spiro atoms. The summed E-state index contributed by atoms with van der Waals surface area (Å²) < 4.78 is 0. The van der Waals surface area contributed by atoms with E-state index in [9.17, 15) is 9.59 Å². The van der Waals surface area contributed by atoms with Crippen LogP contribution in [0, 0.1) is 0 Å². The van der Waals surface area contributed by atoms with Gasteiger partial charge in [-0.1, -0.05) is 41.9 Å². The Hall–Kier alpha value is -2.41. The van der Waals surface area contributed by atoms with E-state index in [4.69, 9.17) is 17.3 Å². The number of hydrogen-bond donors (Lipinski definition) is 1. The third kappa shape index (κ3) is 4.90. The summed E-state index contributed by atoms with van der Waals surface area (Å²) in [6, 6.07) is 16.3. The van der Waals surface area contributed by atoms with E-state index in [0.717, 1.165) is 11.3 Å². The van der Waals surface area contributed by atoms with Crippen LogP contribution in [0.5, 0.6) is 0 Å². The zero-order valence-electron chi connectivity index (χ0n) is 15.9. The number of rotatable bonds is 6. The maximum Gasteiger partial charge on any atom is 0.240 e. The van der Waals surface area contributed by atoms with Gasteiger partial charge in [-0.15, -0.1) is 0 Å². The molecule has 1 atom stereocenters. The highest BCUT2D eigenvalue weighted by molar-refractivity contribution is 6.30. The zero-order chi connectivity index (χ0) is 20.1. The Kier molecular flexibility index (Phi) is 6.67. The lowest BCUT2D eigenvalue weighted by atomic mass is 10.0. The number of benzene rings is 2. The molecular formula is C21H25ClN4O2. The molecule has 0 unspecified atom stereocenters. The quantitative estimate of drug-likeness (QED) is 0.806. The van der Waals surface area contributed by atoms with Crippen LogP contribution in [-0.4, -0.2) is 61.4 Å². The van der Waals surface area contributed by atoms with Crippen molar-refractivity contribution in [3.63, 3.8) is 0 Å². The predicted molar refractivity (Wildman–Crippen MR) is 111 cm³/mol. The molecule has 0 radical (unpaired) electrons. The molecule has 2 aromatic rings. The maximum absolute atomic E-state index is 12.6. The van der Waals surface area contributed by atoms with Gasteiger partial charge in [-0.3, -0.25) is 19.4 Å². The van der Waals surface area contributed by atoms with Gasteiger partial charge in [0.25, 0.3) is 0 Å². The molecule has 7 heteroatoms. The molecule has 148 valence electrons. The molecule has 2 N–H and O–H groups in total. The first-order valence-electron chi connectivity index (χ1n) is 9.28. The van der Waals surface area contributed by atoms with E-state index in [1.165, 1.54) is 0 Å². The van der Waals surface area contributed by atoms with Gasteiger partial charge in [-0.2, -0.15) is 0 Å². The summed E-state index contributed by atoms with van der Waals surface area (Å²) in [6.45, 7) is 3.08. The van der Waals surface area contributed by atoms with Gasteiger partial charge in [0, 0.05) is 43.9 Å². The van der Waals surface area contributed by atoms with Crippen LogP contribution in [0.4, 0.5) is 5.69 Å². The zero-order valence-corrected chi connectivity index (χ0v) is 16.7. The molecule has 1 fully saturated rings. The molecule has 0 bridgehead atoms. The second-order valence-corrected chi connectivity index (χ2v) is 7.39. The number of amides is 2. The second kappa shape index (κ2) is 9.19. The molecule has 28 heavy (non-hydrogen) atoms. The van der Waals surface area contributed by atoms with Crippen molar-refractivity contribution >= 4 is 29.1 Å². The number of halogens is 1. The molecular weight excluding hydrogens is 376 g/mol. The molecule has 0 saturated carbocycles. The topological polar surface area (TPSA) is 69.9 Å². The summed E-state index contributed by atoms with van der Waals surface area (Å²) in [7, 11) is 1.79. The fraction of sp³-hybridized carbons (Fsp3) is 0.333. The first kappa shape index (κ1) is 20.3. The Labute approximate surface area is 170 Å². The Morgan fingerprint density at radius 2 is 1.64 bits per heavy atom. The lowest BCUT2D eigenvalue weighted by Gasteiger charge is -2.38. The molecule has 1 heterocycles. The van der Waals surface area contributed by atoms with Crippen molar-refractivity contribution < 1.29 is 9.59 Å². The van der Waals surface area contributed by atoms with Crippen molar-refractivity contribution in [3.8, 4) is 0 Å². The van der Waals surface area contributed by atoms with Crippen LogP contribution in [0.2, 0.25) is 5.02 Å². The van der Waals surface area contributed by atoms with Crippen molar-refractivity contribution in [3.05, 3.63) is 65.2 Å². The number of nitrogens with zero attached hydrogens (tertiary/aromatic N) is 3. The monoisotopic (exact) mass is 400 g/mol. The first-order valence-corrected chi connectivity index (χ1v) is 9.66. The minimum atomic E-state index is -0.484. The van der Waals surface area contributed by atoms with Crippen molar-refractivity contribution in [2.45, 2.75) is 6.04 Å². The number of primary amides is 1. The van der Waals surface area contributed by atoms with E-state index in [1.807, 2.05) is 42.5 Å². The van der Waals surface area contributed by atoms with Crippen LogP contribution >= 0.6 is 11.6 Å². The molecule has 1 saturated heterocycles. The van der Waals surface area contributed by atoms with Crippen molar-refractivity contribution in [2.24, 2.45) is 5.73 Å². The predicted octanol–water partition coefficient (Wildman–Crippen LogP) is 2.15. The van der Waals surface area contributed by atoms with Crippen LogP contribution in [0.15, 0.2) is 54.6 Å².